The Morgan fingerprint density at radius 3 is 1.14 bits per heavy atom. The average Bonchev–Trinajstić information content (AvgIpc) is 2.65. The number of rotatable bonds is 10. The van der Waals surface area contributed by atoms with Crippen LogP contribution in [0.25, 0.3) is 0 Å². The van der Waals surface area contributed by atoms with Crippen LogP contribution in [0.15, 0.2) is 12.7 Å². The Labute approximate surface area is 182 Å². The fraction of sp³-hybridized carbons (Fsp3) is 0.692. The third-order valence-corrected chi connectivity index (χ3v) is 3.54. The highest BCUT2D eigenvalue weighted by Gasteiger charge is 2.94. The van der Waals surface area contributed by atoms with E-state index in [1.807, 2.05) is 0 Å². The van der Waals surface area contributed by atoms with Gasteiger partial charge < -0.3 is 9.47 Å². The van der Waals surface area contributed by atoms with Gasteiger partial charge in [-0.25, -0.2) is 9.59 Å². The Bertz CT molecular complexity index is 871. The molecular weight excluding hydrogens is 581 g/mol. The van der Waals surface area contributed by atoms with Crippen molar-refractivity contribution in [1.82, 2.24) is 0 Å². The van der Waals surface area contributed by atoms with E-state index in [0.29, 0.717) is 0 Å². The molecule has 0 aliphatic rings. The van der Waals surface area contributed by atoms with Gasteiger partial charge in [0.2, 0.25) is 0 Å². The number of alkyl halides is 19. The van der Waals surface area contributed by atoms with Crippen molar-refractivity contribution in [2.45, 2.75) is 53.9 Å². The fourth-order valence-electron chi connectivity index (χ4n) is 1.56. The lowest BCUT2D eigenvalue weighted by molar-refractivity contribution is -0.452. The molecule has 0 unspecified atom stereocenters. The third kappa shape index (κ3) is 4.70. The molecule has 0 saturated heterocycles. The van der Waals surface area contributed by atoms with Gasteiger partial charge >= 0.3 is 65.9 Å². The molecule has 212 valence electrons. The van der Waals surface area contributed by atoms with Gasteiger partial charge in [-0.3, -0.25) is 0 Å². The average molecular weight is 584 g/mol. The second kappa shape index (κ2) is 8.73. The minimum absolute atomic E-state index is 0.353. The first kappa shape index (κ1) is 33.4. The Balaban J connectivity index is 6.56. The molecule has 0 spiro atoms. The molecular formula is C13H3F19O4. The fourth-order valence-corrected chi connectivity index (χ4v) is 1.56. The van der Waals surface area contributed by atoms with Gasteiger partial charge in [0.25, 0.3) is 0 Å². The topological polar surface area (TPSA) is 52.6 Å². The maximum Gasteiger partial charge on any atom is 0.510 e. The standard InChI is InChI=1S/C13H3F19O4/c1-2-3(33)35-12(29,30)13(31,32)36-4(34)5(14,15)6(16,17)7(18,19)8(20,21)9(22,23)10(24,25)11(26,27)28/h2H,1H2. The predicted molar refractivity (Wildman–Crippen MR) is 68.0 cm³/mol. The van der Waals surface area contributed by atoms with E-state index in [-0.39, 0.29) is 6.08 Å². The zero-order valence-corrected chi connectivity index (χ0v) is 15.6. The van der Waals surface area contributed by atoms with Crippen molar-refractivity contribution in [3.8, 4) is 0 Å². The van der Waals surface area contributed by atoms with Gasteiger partial charge in [-0.05, 0) is 0 Å². The molecule has 36 heavy (non-hydrogen) atoms. The van der Waals surface area contributed by atoms with E-state index in [2.05, 4.69) is 11.3 Å². The summed E-state index contributed by atoms with van der Waals surface area (Å²) in [5.41, 5.74) is 0. The number of carbonyl (C=O) groups excluding carboxylic acids is 2. The van der Waals surface area contributed by atoms with E-state index in [1.54, 1.807) is 4.74 Å². The molecule has 23 heteroatoms. The van der Waals surface area contributed by atoms with Crippen molar-refractivity contribution in [3.63, 3.8) is 0 Å². The number of carbonyl (C=O) groups is 2. The van der Waals surface area contributed by atoms with Crippen molar-refractivity contribution < 1.29 is 102 Å². The Hall–Kier alpha value is -2.65. The van der Waals surface area contributed by atoms with E-state index in [9.17, 15) is 93.0 Å². The molecule has 0 aliphatic heterocycles. The van der Waals surface area contributed by atoms with Crippen LogP contribution in [0.5, 0.6) is 0 Å². The first-order chi connectivity index (χ1) is 15.3. The monoisotopic (exact) mass is 584 g/mol. The van der Waals surface area contributed by atoms with Gasteiger partial charge in [-0.2, -0.15) is 83.4 Å². The summed E-state index contributed by atoms with van der Waals surface area (Å²) < 4.78 is 250. The van der Waals surface area contributed by atoms with Crippen molar-refractivity contribution in [3.05, 3.63) is 12.7 Å². The summed E-state index contributed by atoms with van der Waals surface area (Å²) in [7, 11) is 0. The van der Waals surface area contributed by atoms with E-state index in [1.165, 1.54) is 0 Å². The predicted octanol–water partition coefficient (Wildman–Crippen LogP) is 5.82. The smallest absolute Gasteiger partial charge is 0.390 e. The molecule has 0 rings (SSSR count). The first-order valence-corrected chi connectivity index (χ1v) is 7.51. The second-order valence-electron chi connectivity index (χ2n) is 5.99. The van der Waals surface area contributed by atoms with Crippen LogP contribution in [-0.4, -0.2) is 65.9 Å². The second-order valence-corrected chi connectivity index (χ2v) is 5.99. The molecule has 0 radical (unpaired) electrons. The summed E-state index contributed by atoms with van der Waals surface area (Å²) in [5, 5.41) is 0. The maximum atomic E-state index is 13.4. The van der Waals surface area contributed by atoms with Crippen LogP contribution in [-0.2, 0) is 19.1 Å². The van der Waals surface area contributed by atoms with Crippen molar-refractivity contribution in [1.29, 1.82) is 0 Å². The van der Waals surface area contributed by atoms with E-state index >= 15 is 0 Å². The molecule has 0 atom stereocenters. The van der Waals surface area contributed by atoms with Crippen molar-refractivity contribution >= 4 is 11.9 Å². The van der Waals surface area contributed by atoms with E-state index in [4.69, 9.17) is 0 Å². The molecule has 0 heterocycles. The van der Waals surface area contributed by atoms with Gasteiger partial charge in [-0.15, -0.1) is 0 Å². The van der Waals surface area contributed by atoms with Crippen molar-refractivity contribution in [2.24, 2.45) is 0 Å². The molecule has 0 N–H and O–H groups in total. The molecule has 0 amide bonds. The summed E-state index contributed by atoms with van der Waals surface area (Å²) in [4.78, 5) is 21.2. The van der Waals surface area contributed by atoms with Crippen LogP contribution in [0.2, 0.25) is 0 Å². The number of halogens is 19. The normalized spacial score (nSPS) is 15.4. The molecule has 0 aromatic rings. The summed E-state index contributed by atoms with van der Waals surface area (Å²) in [6, 6.07) is 0. The van der Waals surface area contributed by atoms with Gasteiger partial charge in [0.15, 0.2) is 0 Å². The van der Waals surface area contributed by atoms with E-state index in [0.717, 1.165) is 0 Å². The van der Waals surface area contributed by atoms with Gasteiger partial charge in [-0.1, -0.05) is 6.58 Å². The Morgan fingerprint density at radius 1 is 0.500 bits per heavy atom. The molecule has 0 aromatic heterocycles. The lowest BCUT2D eigenvalue weighted by Gasteiger charge is -2.41. The van der Waals surface area contributed by atoms with Crippen LogP contribution >= 0.6 is 0 Å². The lowest BCUT2D eigenvalue weighted by atomic mass is 9.91. The van der Waals surface area contributed by atoms with Gasteiger partial charge in [0, 0.05) is 6.08 Å². The minimum atomic E-state index is -8.88. The third-order valence-electron chi connectivity index (χ3n) is 3.54. The number of hydrogen-bond donors (Lipinski definition) is 0. The molecule has 0 fully saturated rings. The number of esters is 2. The number of ether oxygens (including phenoxy) is 2. The Morgan fingerprint density at radius 2 is 0.806 bits per heavy atom. The molecule has 0 bridgehead atoms. The zero-order valence-electron chi connectivity index (χ0n) is 15.6. The molecule has 0 saturated carbocycles. The van der Waals surface area contributed by atoms with Crippen molar-refractivity contribution in [2.75, 3.05) is 0 Å². The van der Waals surface area contributed by atoms with Gasteiger partial charge in [0.1, 0.15) is 0 Å². The number of hydrogen-bond acceptors (Lipinski definition) is 4. The largest absolute Gasteiger partial charge is 0.510 e. The summed E-state index contributed by atoms with van der Waals surface area (Å²) in [5.74, 6) is -59.2. The quantitative estimate of drug-likeness (QED) is 0.185. The lowest BCUT2D eigenvalue weighted by Crippen LogP contribution is -2.73. The zero-order chi connectivity index (χ0) is 29.8. The van der Waals surface area contributed by atoms with Crippen LogP contribution in [0.4, 0.5) is 83.4 Å². The van der Waals surface area contributed by atoms with Crippen LogP contribution < -0.4 is 0 Å². The summed E-state index contributed by atoms with van der Waals surface area (Å²) in [6.45, 7) is 2.34. The first-order valence-electron chi connectivity index (χ1n) is 7.51. The highest BCUT2D eigenvalue weighted by Crippen LogP contribution is 2.62. The van der Waals surface area contributed by atoms with Gasteiger partial charge in [0.05, 0.1) is 0 Å². The summed E-state index contributed by atoms with van der Waals surface area (Å²) in [6.07, 6.45) is -22.0. The Kier molecular flexibility index (Phi) is 8.09. The van der Waals surface area contributed by atoms with E-state index < -0.39 is 65.9 Å². The SMILES string of the molecule is C=CC(=O)OC(F)(F)C(F)(F)OC(=O)C(F)(F)C(F)(F)C(F)(F)C(F)(F)C(F)(F)C(F)(F)C(F)(F)F. The highest BCUT2D eigenvalue weighted by molar-refractivity contribution is 5.82. The highest BCUT2D eigenvalue weighted by atomic mass is 19.4. The van der Waals surface area contributed by atoms with Crippen LogP contribution in [0.3, 0.4) is 0 Å². The summed E-state index contributed by atoms with van der Waals surface area (Å²) >= 11 is 0. The minimum Gasteiger partial charge on any atom is -0.390 e. The molecule has 0 aliphatic carbocycles. The van der Waals surface area contributed by atoms with Crippen LogP contribution in [0.1, 0.15) is 0 Å². The molecule has 0 aromatic carbocycles. The maximum absolute atomic E-state index is 13.4. The molecule has 4 nitrogen and oxygen atoms in total. The van der Waals surface area contributed by atoms with Crippen LogP contribution in [0, 0.1) is 0 Å².